The zero-order valence-electron chi connectivity index (χ0n) is 9.98. The van der Waals surface area contributed by atoms with Crippen molar-refractivity contribution in [2.75, 3.05) is 11.5 Å². The van der Waals surface area contributed by atoms with Gasteiger partial charge in [-0.3, -0.25) is 4.79 Å². The quantitative estimate of drug-likeness (QED) is 0.880. The fraction of sp³-hybridized carbons (Fsp3) is 0.500. The van der Waals surface area contributed by atoms with E-state index in [2.05, 4.69) is 15.5 Å². The lowest BCUT2D eigenvalue weighted by molar-refractivity contribution is 0.0915. The summed E-state index contributed by atoms with van der Waals surface area (Å²) in [7, 11) is -3.10. The summed E-state index contributed by atoms with van der Waals surface area (Å²) in [4.78, 5) is 12.1. The number of halogens is 2. The van der Waals surface area contributed by atoms with E-state index in [1.54, 1.807) is 6.92 Å². The minimum atomic E-state index is -3.10. The van der Waals surface area contributed by atoms with Crippen LogP contribution in [0.2, 0.25) is 10.3 Å². The SMILES string of the molecule is CC1(NC(=O)c2cc(Cl)nnc2Cl)CCS(=O)(=O)C1. The lowest BCUT2D eigenvalue weighted by atomic mass is 10.0. The second-order valence-corrected chi connectivity index (χ2v) is 7.66. The number of hydrogen-bond acceptors (Lipinski definition) is 5. The molecule has 2 rings (SSSR count). The molecule has 0 aliphatic carbocycles. The first-order chi connectivity index (χ1) is 8.71. The van der Waals surface area contributed by atoms with Crippen LogP contribution in [0.4, 0.5) is 0 Å². The molecule has 9 heteroatoms. The van der Waals surface area contributed by atoms with Gasteiger partial charge in [0, 0.05) is 0 Å². The van der Waals surface area contributed by atoms with Crippen molar-refractivity contribution in [2.45, 2.75) is 18.9 Å². The third kappa shape index (κ3) is 3.34. The molecule has 6 nitrogen and oxygen atoms in total. The molecular formula is C10H11Cl2N3O3S. The predicted octanol–water partition coefficient (Wildman–Crippen LogP) is 1.09. The van der Waals surface area contributed by atoms with Gasteiger partial charge in [-0.05, 0) is 19.4 Å². The molecule has 1 unspecified atom stereocenters. The van der Waals surface area contributed by atoms with E-state index in [0.717, 1.165) is 0 Å². The first-order valence-electron chi connectivity index (χ1n) is 5.42. The summed E-state index contributed by atoms with van der Waals surface area (Å²) in [6.07, 6.45) is 0.366. The van der Waals surface area contributed by atoms with E-state index in [9.17, 15) is 13.2 Å². The maximum Gasteiger partial charge on any atom is 0.255 e. The Morgan fingerprint density at radius 2 is 2.11 bits per heavy atom. The van der Waals surface area contributed by atoms with E-state index >= 15 is 0 Å². The van der Waals surface area contributed by atoms with Crippen molar-refractivity contribution in [3.05, 3.63) is 21.9 Å². The summed E-state index contributed by atoms with van der Waals surface area (Å²) in [5.41, 5.74) is -0.721. The molecule has 0 radical (unpaired) electrons. The van der Waals surface area contributed by atoms with Gasteiger partial charge in [-0.1, -0.05) is 23.2 Å². The number of rotatable bonds is 2. The number of nitrogens with one attached hydrogen (secondary N) is 1. The van der Waals surface area contributed by atoms with E-state index < -0.39 is 21.3 Å². The van der Waals surface area contributed by atoms with Crippen molar-refractivity contribution in [2.24, 2.45) is 0 Å². The molecule has 1 amide bonds. The van der Waals surface area contributed by atoms with E-state index in [1.807, 2.05) is 0 Å². The molecule has 0 spiro atoms. The van der Waals surface area contributed by atoms with Gasteiger partial charge in [0.15, 0.2) is 20.1 Å². The second kappa shape index (κ2) is 4.88. The number of aromatic nitrogens is 2. The van der Waals surface area contributed by atoms with Crippen molar-refractivity contribution in [3.8, 4) is 0 Å². The van der Waals surface area contributed by atoms with Crippen LogP contribution in [-0.2, 0) is 9.84 Å². The molecule has 0 aromatic carbocycles. The van der Waals surface area contributed by atoms with Gasteiger partial charge in [-0.15, -0.1) is 10.2 Å². The molecule has 1 N–H and O–H groups in total. The summed E-state index contributed by atoms with van der Waals surface area (Å²) >= 11 is 11.4. The van der Waals surface area contributed by atoms with Crippen molar-refractivity contribution in [3.63, 3.8) is 0 Å². The van der Waals surface area contributed by atoms with Gasteiger partial charge in [-0.2, -0.15) is 0 Å². The van der Waals surface area contributed by atoms with Crippen LogP contribution in [0.25, 0.3) is 0 Å². The van der Waals surface area contributed by atoms with Crippen LogP contribution in [-0.4, -0.2) is 41.6 Å². The van der Waals surface area contributed by atoms with Gasteiger partial charge in [-0.25, -0.2) is 8.42 Å². The fourth-order valence-electron chi connectivity index (χ4n) is 1.96. The van der Waals surface area contributed by atoms with Crippen LogP contribution in [0.5, 0.6) is 0 Å². The van der Waals surface area contributed by atoms with Gasteiger partial charge >= 0.3 is 0 Å². The maximum atomic E-state index is 12.1. The Kier molecular flexibility index (Phi) is 3.72. The minimum absolute atomic E-state index is 0.0405. The molecule has 0 saturated carbocycles. The van der Waals surface area contributed by atoms with Crippen molar-refractivity contribution in [1.82, 2.24) is 15.5 Å². The number of nitrogens with zero attached hydrogens (tertiary/aromatic N) is 2. The van der Waals surface area contributed by atoms with Gasteiger partial charge in [0.1, 0.15) is 0 Å². The molecule has 1 atom stereocenters. The third-order valence-electron chi connectivity index (χ3n) is 2.88. The molecule has 1 fully saturated rings. The Hall–Kier alpha value is -0.920. The van der Waals surface area contributed by atoms with Gasteiger partial charge in [0.05, 0.1) is 22.6 Å². The lowest BCUT2D eigenvalue weighted by Crippen LogP contribution is -2.47. The summed E-state index contributed by atoms with van der Waals surface area (Å²) in [5.74, 6) is -0.538. The standard InChI is InChI=1S/C10H11Cl2N3O3S/c1-10(2-3-19(17,18)5-10)13-9(16)6-4-7(11)14-15-8(6)12/h4H,2-3,5H2,1H3,(H,13,16). The van der Waals surface area contributed by atoms with Crippen molar-refractivity contribution >= 4 is 38.9 Å². The minimum Gasteiger partial charge on any atom is -0.346 e. The molecule has 0 bridgehead atoms. The van der Waals surface area contributed by atoms with E-state index in [4.69, 9.17) is 23.2 Å². The normalized spacial score (nSPS) is 25.2. The van der Waals surface area contributed by atoms with Gasteiger partial charge in [0.25, 0.3) is 5.91 Å². The molecule has 19 heavy (non-hydrogen) atoms. The van der Waals surface area contributed by atoms with Gasteiger partial charge < -0.3 is 5.32 Å². The maximum absolute atomic E-state index is 12.1. The highest BCUT2D eigenvalue weighted by molar-refractivity contribution is 7.91. The Bertz CT molecular complexity index is 635. The van der Waals surface area contributed by atoms with Crippen molar-refractivity contribution < 1.29 is 13.2 Å². The predicted molar refractivity (Wildman–Crippen MR) is 71.2 cm³/mol. The van der Waals surface area contributed by atoms with Crippen LogP contribution in [0.3, 0.4) is 0 Å². The van der Waals surface area contributed by atoms with Crippen molar-refractivity contribution in [1.29, 1.82) is 0 Å². The van der Waals surface area contributed by atoms with E-state index in [1.165, 1.54) is 6.07 Å². The number of sulfone groups is 1. The summed E-state index contributed by atoms with van der Waals surface area (Å²) in [6, 6.07) is 1.29. The largest absolute Gasteiger partial charge is 0.346 e. The summed E-state index contributed by atoms with van der Waals surface area (Å²) in [5, 5.41) is 9.66. The number of carbonyl (C=O) groups is 1. The third-order valence-corrected chi connectivity index (χ3v) is 5.25. The first kappa shape index (κ1) is 14.5. The van der Waals surface area contributed by atoms with Crippen LogP contribution in [0.15, 0.2) is 6.07 Å². The van der Waals surface area contributed by atoms with Crippen LogP contribution in [0, 0.1) is 0 Å². The molecule has 104 valence electrons. The average Bonchev–Trinajstić information content (AvgIpc) is 2.56. The first-order valence-corrected chi connectivity index (χ1v) is 8.00. The zero-order valence-corrected chi connectivity index (χ0v) is 12.3. The molecule has 1 aromatic heterocycles. The zero-order chi connectivity index (χ0) is 14.3. The van der Waals surface area contributed by atoms with Crippen LogP contribution >= 0.6 is 23.2 Å². The highest BCUT2D eigenvalue weighted by atomic mass is 35.5. The molecule has 1 aromatic rings. The molecule has 1 aliphatic heterocycles. The van der Waals surface area contributed by atoms with Crippen LogP contribution in [0.1, 0.15) is 23.7 Å². The number of hydrogen-bond donors (Lipinski definition) is 1. The molecule has 1 saturated heterocycles. The lowest BCUT2D eigenvalue weighted by Gasteiger charge is -2.23. The molecular weight excluding hydrogens is 313 g/mol. The Morgan fingerprint density at radius 1 is 1.42 bits per heavy atom. The summed E-state index contributed by atoms with van der Waals surface area (Å²) in [6.45, 7) is 1.68. The van der Waals surface area contributed by atoms with Crippen LogP contribution < -0.4 is 5.32 Å². The highest BCUT2D eigenvalue weighted by Gasteiger charge is 2.39. The number of amides is 1. The highest BCUT2D eigenvalue weighted by Crippen LogP contribution is 2.24. The number of carbonyl (C=O) groups excluding carboxylic acids is 1. The van der Waals surface area contributed by atoms with Gasteiger partial charge in [0.2, 0.25) is 0 Å². The Labute approximate surface area is 120 Å². The monoisotopic (exact) mass is 323 g/mol. The molecule has 1 aliphatic rings. The van der Waals surface area contributed by atoms with E-state index in [0.29, 0.717) is 6.42 Å². The summed E-state index contributed by atoms with van der Waals surface area (Å²) < 4.78 is 22.9. The molecule has 2 heterocycles. The fourth-order valence-corrected chi connectivity index (χ4v) is 4.38. The Balaban J connectivity index is 2.20. The topological polar surface area (TPSA) is 89.0 Å². The Morgan fingerprint density at radius 3 is 2.68 bits per heavy atom. The average molecular weight is 324 g/mol. The second-order valence-electron chi connectivity index (χ2n) is 4.73. The van der Waals surface area contributed by atoms with E-state index in [-0.39, 0.29) is 27.4 Å². The smallest absolute Gasteiger partial charge is 0.255 e.